The minimum Gasteiger partial charge on any atom is -0.458 e. The minimum absolute atomic E-state index is 0.0139. The lowest BCUT2D eigenvalue weighted by atomic mass is 9.83. The van der Waals surface area contributed by atoms with Gasteiger partial charge in [0.15, 0.2) is 0 Å². The second-order valence-corrected chi connectivity index (χ2v) is 6.00. The van der Waals surface area contributed by atoms with Crippen molar-refractivity contribution in [3.05, 3.63) is 12.2 Å². The molecule has 2 fully saturated rings. The summed E-state index contributed by atoms with van der Waals surface area (Å²) in [5.74, 6) is 0.165. The second-order valence-electron chi connectivity index (χ2n) is 6.00. The van der Waals surface area contributed by atoms with E-state index in [0.717, 1.165) is 19.3 Å². The lowest BCUT2D eigenvalue weighted by molar-refractivity contribution is -0.139. The maximum atomic E-state index is 11.5. The van der Waals surface area contributed by atoms with E-state index in [1.165, 1.54) is 6.92 Å². The molecule has 2 rings (SSSR count). The smallest absolute Gasteiger partial charge is 0.334 e. The van der Waals surface area contributed by atoms with Crippen molar-refractivity contribution in [1.29, 1.82) is 0 Å². The Balaban J connectivity index is 2.06. The van der Waals surface area contributed by atoms with Crippen molar-refractivity contribution in [2.24, 2.45) is 17.8 Å². The summed E-state index contributed by atoms with van der Waals surface area (Å²) in [6.45, 7) is 7.38. The molecule has 1 heterocycles. The fourth-order valence-electron chi connectivity index (χ4n) is 3.46. The van der Waals surface area contributed by atoms with Gasteiger partial charge in [-0.1, -0.05) is 13.5 Å². The second kappa shape index (κ2) is 5.45. The normalized spacial score (nSPS) is 36.4. The van der Waals surface area contributed by atoms with Gasteiger partial charge in [-0.2, -0.15) is 0 Å². The SMILES string of the molecule is C=C1C(=O)OC2CC(C)C(C(O)CC(C)=O)CCC12. The zero-order valence-corrected chi connectivity index (χ0v) is 11.6. The van der Waals surface area contributed by atoms with Gasteiger partial charge in [0.1, 0.15) is 11.9 Å². The van der Waals surface area contributed by atoms with Crippen LogP contribution in [0.15, 0.2) is 12.2 Å². The van der Waals surface area contributed by atoms with Crippen LogP contribution >= 0.6 is 0 Å². The van der Waals surface area contributed by atoms with Crippen LogP contribution in [0.5, 0.6) is 0 Å². The maximum absolute atomic E-state index is 11.5. The van der Waals surface area contributed by atoms with Gasteiger partial charge in [0.25, 0.3) is 0 Å². The topological polar surface area (TPSA) is 63.6 Å². The van der Waals surface area contributed by atoms with Crippen LogP contribution in [0.25, 0.3) is 0 Å². The van der Waals surface area contributed by atoms with Crippen LogP contribution < -0.4 is 0 Å². The van der Waals surface area contributed by atoms with E-state index in [1.807, 2.05) is 0 Å². The molecule has 19 heavy (non-hydrogen) atoms. The van der Waals surface area contributed by atoms with Crippen molar-refractivity contribution in [3.63, 3.8) is 0 Å². The summed E-state index contributed by atoms with van der Waals surface area (Å²) in [5.41, 5.74) is 0.568. The van der Waals surface area contributed by atoms with Gasteiger partial charge in [0.2, 0.25) is 0 Å². The number of ketones is 1. The summed E-state index contributed by atoms with van der Waals surface area (Å²) in [6, 6.07) is 0. The zero-order valence-electron chi connectivity index (χ0n) is 11.6. The minimum atomic E-state index is -0.588. The number of ether oxygens (including phenoxy) is 1. The monoisotopic (exact) mass is 266 g/mol. The van der Waals surface area contributed by atoms with Crippen LogP contribution in [0.4, 0.5) is 0 Å². The first kappa shape index (κ1) is 14.3. The lowest BCUT2D eigenvalue weighted by Crippen LogP contribution is -2.28. The number of rotatable bonds is 3. The molecule has 0 amide bonds. The van der Waals surface area contributed by atoms with E-state index in [1.54, 1.807) is 0 Å². The molecule has 1 saturated carbocycles. The van der Waals surface area contributed by atoms with Crippen molar-refractivity contribution in [2.75, 3.05) is 0 Å². The van der Waals surface area contributed by atoms with E-state index in [9.17, 15) is 14.7 Å². The Labute approximate surface area is 113 Å². The summed E-state index contributed by atoms with van der Waals surface area (Å²) in [7, 11) is 0. The van der Waals surface area contributed by atoms with Crippen molar-refractivity contribution in [2.45, 2.75) is 51.7 Å². The first-order chi connectivity index (χ1) is 8.90. The number of fused-ring (bicyclic) bond motifs is 1. The molecule has 4 heteroatoms. The molecule has 0 bridgehead atoms. The summed E-state index contributed by atoms with van der Waals surface area (Å²) in [4.78, 5) is 22.6. The van der Waals surface area contributed by atoms with Gasteiger partial charge in [0, 0.05) is 17.9 Å². The molecule has 2 aliphatic rings. The third-order valence-electron chi connectivity index (χ3n) is 4.55. The maximum Gasteiger partial charge on any atom is 0.334 e. The number of hydrogen-bond donors (Lipinski definition) is 1. The van der Waals surface area contributed by atoms with Gasteiger partial charge in [-0.05, 0) is 38.0 Å². The molecule has 0 aromatic heterocycles. The van der Waals surface area contributed by atoms with Crippen molar-refractivity contribution in [3.8, 4) is 0 Å². The van der Waals surface area contributed by atoms with E-state index >= 15 is 0 Å². The molecule has 1 aliphatic carbocycles. The van der Waals surface area contributed by atoms with E-state index < -0.39 is 6.10 Å². The predicted molar refractivity (Wildman–Crippen MR) is 70.3 cm³/mol. The standard InChI is InChI=1S/C15H22O4/c1-8-6-14-12(10(3)15(18)19-14)5-4-11(8)13(17)7-9(2)16/h8,11-14,17H,3-7H2,1-2H3. The molecule has 4 nitrogen and oxygen atoms in total. The highest BCUT2D eigenvalue weighted by atomic mass is 16.6. The number of esters is 1. The summed E-state index contributed by atoms with van der Waals surface area (Å²) in [5, 5.41) is 10.2. The Bertz CT molecular complexity index is 401. The fourth-order valence-corrected chi connectivity index (χ4v) is 3.46. The number of Topliss-reactive ketones (excluding diaryl/α,β-unsaturated/α-hetero) is 1. The molecular weight excluding hydrogens is 244 g/mol. The van der Waals surface area contributed by atoms with Crippen LogP contribution in [-0.2, 0) is 14.3 Å². The average Bonchev–Trinajstić information content (AvgIpc) is 2.47. The number of aliphatic hydroxyl groups is 1. The molecular formula is C15H22O4. The Morgan fingerprint density at radius 1 is 1.53 bits per heavy atom. The molecule has 0 aromatic rings. The molecule has 1 saturated heterocycles. The van der Waals surface area contributed by atoms with Crippen molar-refractivity contribution >= 4 is 11.8 Å². The largest absolute Gasteiger partial charge is 0.458 e. The first-order valence-electron chi connectivity index (χ1n) is 6.97. The first-order valence-corrected chi connectivity index (χ1v) is 6.97. The molecule has 5 atom stereocenters. The Morgan fingerprint density at radius 2 is 2.21 bits per heavy atom. The number of carbonyl (C=O) groups is 2. The highest BCUT2D eigenvalue weighted by molar-refractivity contribution is 5.90. The van der Waals surface area contributed by atoms with Crippen LogP contribution in [-0.4, -0.2) is 29.1 Å². The van der Waals surface area contributed by atoms with E-state index in [2.05, 4.69) is 13.5 Å². The predicted octanol–water partition coefficient (Wildman–Crippen LogP) is 1.86. The Hall–Kier alpha value is -1.16. The number of hydrogen-bond acceptors (Lipinski definition) is 4. The van der Waals surface area contributed by atoms with Gasteiger partial charge in [0.05, 0.1) is 6.10 Å². The third kappa shape index (κ3) is 2.89. The van der Waals surface area contributed by atoms with Gasteiger partial charge < -0.3 is 9.84 Å². The molecule has 0 spiro atoms. The quantitative estimate of drug-likeness (QED) is 0.625. The van der Waals surface area contributed by atoms with Crippen molar-refractivity contribution < 1.29 is 19.4 Å². The van der Waals surface area contributed by atoms with Gasteiger partial charge in [-0.3, -0.25) is 4.79 Å². The van der Waals surface area contributed by atoms with E-state index in [-0.39, 0.29) is 42.0 Å². The molecule has 1 N–H and O–H groups in total. The van der Waals surface area contributed by atoms with Gasteiger partial charge >= 0.3 is 5.97 Å². The molecule has 5 unspecified atom stereocenters. The van der Waals surface area contributed by atoms with Crippen LogP contribution in [0.1, 0.15) is 39.5 Å². The Kier molecular flexibility index (Phi) is 4.09. The fraction of sp³-hybridized carbons (Fsp3) is 0.733. The summed E-state index contributed by atoms with van der Waals surface area (Å²) >= 11 is 0. The van der Waals surface area contributed by atoms with Crippen LogP contribution in [0.2, 0.25) is 0 Å². The third-order valence-corrected chi connectivity index (χ3v) is 4.55. The summed E-state index contributed by atoms with van der Waals surface area (Å²) < 4.78 is 5.35. The summed E-state index contributed by atoms with van der Waals surface area (Å²) in [6.07, 6.45) is 1.89. The molecule has 0 aromatic carbocycles. The van der Waals surface area contributed by atoms with Crippen LogP contribution in [0.3, 0.4) is 0 Å². The van der Waals surface area contributed by atoms with Gasteiger partial charge in [-0.25, -0.2) is 4.79 Å². The highest BCUT2D eigenvalue weighted by Crippen LogP contribution is 2.42. The van der Waals surface area contributed by atoms with Gasteiger partial charge in [-0.15, -0.1) is 0 Å². The molecule has 0 radical (unpaired) electrons. The lowest BCUT2D eigenvalue weighted by Gasteiger charge is -2.26. The Morgan fingerprint density at radius 3 is 2.84 bits per heavy atom. The average molecular weight is 266 g/mol. The number of carbonyl (C=O) groups excluding carboxylic acids is 2. The van der Waals surface area contributed by atoms with Crippen molar-refractivity contribution in [1.82, 2.24) is 0 Å². The molecule has 106 valence electrons. The van der Waals surface area contributed by atoms with E-state index in [4.69, 9.17) is 4.74 Å². The zero-order chi connectivity index (χ0) is 14.2. The van der Waals surface area contributed by atoms with E-state index in [0.29, 0.717) is 5.57 Å². The highest BCUT2D eigenvalue weighted by Gasteiger charge is 2.43. The van der Waals surface area contributed by atoms with Crippen LogP contribution in [0, 0.1) is 17.8 Å². The number of aliphatic hydroxyl groups excluding tert-OH is 1. The molecule has 1 aliphatic heterocycles.